The predicted octanol–water partition coefficient (Wildman–Crippen LogP) is 1.88. The van der Waals surface area contributed by atoms with Gasteiger partial charge in [0.05, 0.1) is 25.3 Å². The minimum Gasteiger partial charge on any atom is -0.377 e. The third kappa shape index (κ3) is 4.53. The van der Waals surface area contributed by atoms with Gasteiger partial charge >= 0.3 is 0 Å². The Morgan fingerprint density at radius 1 is 1.33 bits per heavy atom. The van der Waals surface area contributed by atoms with E-state index in [9.17, 15) is 9.18 Å². The second kappa shape index (κ2) is 8.05. The zero-order chi connectivity index (χ0) is 16.9. The van der Waals surface area contributed by atoms with Crippen molar-refractivity contribution in [3.8, 4) is 0 Å². The van der Waals surface area contributed by atoms with E-state index in [1.165, 1.54) is 12.1 Å². The molecule has 132 valence electrons. The lowest BCUT2D eigenvalue weighted by Gasteiger charge is -2.37. The molecule has 1 amide bonds. The summed E-state index contributed by atoms with van der Waals surface area (Å²) in [5.74, 6) is -0.205. The van der Waals surface area contributed by atoms with E-state index in [1.807, 2.05) is 11.8 Å². The average Bonchev–Trinajstić information content (AvgIpc) is 3.08. The number of rotatable bonds is 5. The van der Waals surface area contributed by atoms with E-state index >= 15 is 0 Å². The molecule has 2 heterocycles. The molecule has 0 aromatic heterocycles. The highest BCUT2D eigenvalue weighted by atomic mass is 19.1. The van der Waals surface area contributed by atoms with Crippen LogP contribution in [-0.4, -0.2) is 55.8 Å². The van der Waals surface area contributed by atoms with Crippen molar-refractivity contribution in [3.05, 3.63) is 35.6 Å². The third-order valence-corrected chi connectivity index (χ3v) is 4.53. The molecule has 2 fully saturated rings. The molecule has 0 aliphatic carbocycles. The van der Waals surface area contributed by atoms with Crippen LogP contribution in [0.15, 0.2) is 24.3 Å². The second-order valence-corrected chi connectivity index (χ2v) is 6.55. The van der Waals surface area contributed by atoms with Crippen molar-refractivity contribution in [1.82, 2.24) is 10.2 Å². The monoisotopic (exact) mass is 336 g/mol. The Balaban J connectivity index is 1.52. The molecule has 3 atom stereocenters. The first-order chi connectivity index (χ1) is 11.6. The molecular formula is C18H25FN2O3. The minimum atomic E-state index is -0.270. The number of nitrogens with one attached hydrogen (secondary N) is 1. The standard InChI is InChI=1S/C18H25FN2O3/c1-13-11-21(18(22)10-20-9-16-3-2-8-23-16)12-17(24-13)14-4-6-15(19)7-5-14/h4-7,13,16-17,20H,2-3,8-12H2,1H3/t13-,16-,17+/m1/s1. The van der Waals surface area contributed by atoms with E-state index in [0.29, 0.717) is 26.2 Å². The van der Waals surface area contributed by atoms with Gasteiger partial charge < -0.3 is 19.7 Å². The van der Waals surface area contributed by atoms with Gasteiger partial charge in [-0.3, -0.25) is 4.79 Å². The smallest absolute Gasteiger partial charge is 0.236 e. The van der Waals surface area contributed by atoms with Gasteiger partial charge in [-0.15, -0.1) is 0 Å². The van der Waals surface area contributed by atoms with Crippen molar-refractivity contribution < 1.29 is 18.7 Å². The predicted molar refractivity (Wildman–Crippen MR) is 88.1 cm³/mol. The molecule has 0 radical (unpaired) electrons. The topological polar surface area (TPSA) is 50.8 Å². The van der Waals surface area contributed by atoms with Crippen LogP contribution in [0.2, 0.25) is 0 Å². The van der Waals surface area contributed by atoms with Gasteiger partial charge in [-0.25, -0.2) is 4.39 Å². The molecule has 1 aromatic rings. The first-order valence-corrected chi connectivity index (χ1v) is 8.63. The van der Waals surface area contributed by atoms with Crippen molar-refractivity contribution in [2.45, 2.75) is 38.1 Å². The first kappa shape index (κ1) is 17.3. The number of hydrogen-bond acceptors (Lipinski definition) is 4. The fourth-order valence-electron chi connectivity index (χ4n) is 3.27. The summed E-state index contributed by atoms with van der Waals surface area (Å²) in [4.78, 5) is 14.3. The molecule has 0 spiro atoms. The Bertz CT molecular complexity index is 546. The Hall–Kier alpha value is -1.50. The van der Waals surface area contributed by atoms with Crippen LogP contribution in [0.3, 0.4) is 0 Å². The molecule has 1 N–H and O–H groups in total. The lowest BCUT2D eigenvalue weighted by atomic mass is 10.1. The first-order valence-electron chi connectivity index (χ1n) is 8.63. The molecule has 2 saturated heterocycles. The molecule has 0 saturated carbocycles. The zero-order valence-corrected chi connectivity index (χ0v) is 14.0. The Morgan fingerprint density at radius 2 is 2.12 bits per heavy atom. The van der Waals surface area contributed by atoms with Crippen LogP contribution >= 0.6 is 0 Å². The molecule has 2 aliphatic rings. The zero-order valence-electron chi connectivity index (χ0n) is 14.0. The fraction of sp³-hybridized carbons (Fsp3) is 0.611. The van der Waals surface area contributed by atoms with E-state index in [-0.39, 0.29) is 30.0 Å². The second-order valence-electron chi connectivity index (χ2n) is 6.55. The third-order valence-electron chi connectivity index (χ3n) is 4.53. The molecule has 5 nitrogen and oxygen atoms in total. The number of carbonyl (C=O) groups excluding carboxylic acids is 1. The molecule has 2 aliphatic heterocycles. The van der Waals surface area contributed by atoms with Crippen LogP contribution in [0.25, 0.3) is 0 Å². The van der Waals surface area contributed by atoms with Gasteiger partial charge in [0.1, 0.15) is 11.9 Å². The van der Waals surface area contributed by atoms with E-state index in [4.69, 9.17) is 9.47 Å². The summed E-state index contributed by atoms with van der Waals surface area (Å²) in [5.41, 5.74) is 0.896. The summed E-state index contributed by atoms with van der Waals surface area (Å²) in [6.07, 6.45) is 2.13. The fourth-order valence-corrected chi connectivity index (χ4v) is 3.27. The van der Waals surface area contributed by atoms with Gasteiger partial charge in [-0.1, -0.05) is 12.1 Å². The van der Waals surface area contributed by atoms with Crippen molar-refractivity contribution in [1.29, 1.82) is 0 Å². The number of nitrogens with zero attached hydrogens (tertiary/aromatic N) is 1. The van der Waals surface area contributed by atoms with Crippen LogP contribution in [0, 0.1) is 5.82 Å². The summed E-state index contributed by atoms with van der Waals surface area (Å²) < 4.78 is 24.5. The molecule has 0 unspecified atom stereocenters. The van der Waals surface area contributed by atoms with Crippen molar-refractivity contribution >= 4 is 5.91 Å². The van der Waals surface area contributed by atoms with Crippen LogP contribution in [0.1, 0.15) is 31.4 Å². The van der Waals surface area contributed by atoms with Crippen LogP contribution in [0.4, 0.5) is 4.39 Å². The SMILES string of the molecule is C[C@@H]1CN(C(=O)CNC[C@H]2CCCO2)C[C@@H](c2ccc(F)cc2)O1. The van der Waals surface area contributed by atoms with Gasteiger partial charge in [0.2, 0.25) is 5.91 Å². The van der Waals surface area contributed by atoms with Crippen LogP contribution in [-0.2, 0) is 14.3 Å². The molecule has 24 heavy (non-hydrogen) atoms. The Labute approximate surface area is 142 Å². The number of benzene rings is 1. The summed E-state index contributed by atoms with van der Waals surface area (Å²) >= 11 is 0. The van der Waals surface area contributed by atoms with Crippen molar-refractivity contribution in [2.75, 3.05) is 32.8 Å². The highest BCUT2D eigenvalue weighted by Crippen LogP contribution is 2.25. The lowest BCUT2D eigenvalue weighted by Crippen LogP contribution is -2.49. The molecular weight excluding hydrogens is 311 g/mol. The largest absolute Gasteiger partial charge is 0.377 e. The number of carbonyl (C=O) groups is 1. The van der Waals surface area contributed by atoms with Gasteiger partial charge in [-0.05, 0) is 37.5 Å². The van der Waals surface area contributed by atoms with Crippen LogP contribution < -0.4 is 5.32 Å². The molecule has 1 aromatic carbocycles. The maximum atomic E-state index is 13.1. The van der Waals surface area contributed by atoms with Gasteiger partial charge in [0.25, 0.3) is 0 Å². The maximum absolute atomic E-state index is 13.1. The van der Waals surface area contributed by atoms with Crippen molar-refractivity contribution in [2.24, 2.45) is 0 Å². The molecule has 3 rings (SSSR count). The van der Waals surface area contributed by atoms with Gasteiger partial charge in [0.15, 0.2) is 0 Å². The summed E-state index contributed by atoms with van der Waals surface area (Å²) in [6.45, 7) is 4.88. The minimum absolute atomic E-state index is 0.0454. The quantitative estimate of drug-likeness (QED) is 0.892. The maximum Gasteiger partial charge on any atom is 0.236 e. The molecule has 6 heteroatoms. The number of amides is 1. The summed E-state index contributed by atoms with van der Waals surface area (Å²) in [6, 6.07) is 6.29. The highest BCUT2D eigenvalue weighted by Gasteiger charge is 2.29. The normalized spacial score (nSPS) is 27.4. The molecule has 0 bridgehead atoms. The van der Waals surface area contributed by atoms with Gasteiger partial charge in [0, 0.05) is 19.7 Å². The number of hydrogen-bond donors (Lipinski definition) is 1. The summed E-state index contributed by atoms with van der Waals surface area (Å²) in [5, 5.41) is 3.19. The van der Waals surface area contributed by atoms with E-state index in [1.54, 1.807) is 12.1 Å². The van der Waals surface area contributed by atoms with Crippen molar-refractivity contribution in [3.63, 3.8) is 0 Å². The van der Waals surface area contributed by atoms with Crippen LogP contribution in [0.5, 0.6) is 0 Å². The Morgan fingerprint density at radius 3 is 2.83 bits per heavy atom. The number of halogens is 1. The average molecular weight is 336 g/mol. The lowest BCUT2D eigenvalue weighted by molar-refractivity contribution is -0.144. The van der Waals surface area contributed by atoms with Gasteiger partial charge in [-0.2, -0.15) is 0 Å². The van der Waals surface area contributed by atoms with E-state index < -0.39 is 0 Å². The summed E-state index contributed by atoms with van der Waals surface area (Å²) in [7, 11) is 0. The Kier molecular flexibility index (Phi) is 5.81. The number of ether oxygens (including phenoxy) is 2. The highest BCUT2D eigenvalue weighted by molar-refractivity contribution is 5.78. The number of morpholine rings is 1. The van der Waals surface area contributed by atoms with E-state index in [0.717, 1.165) is 25.0 Å². The van der Waals surface area contributed by atoms with E-state index in [2.05, 4.69) is 5.32 Å².